The Bertz CT molecular complexity index is 919. The van der Waals surface area contributed by atoms with Crippen LogP contribution in [-0.4, -0.2) is 38.6 Å². The minimum absolute atomic E-state index is 0.0285. The van der Waals surface area contributed by atoms with Crippen molar-refractivity contribution in [3.63, 3.8) is 0 Å². The molecule has 28 heavy (non-hydrogen) atoms. The molecule has 2 aromatic rings. The van der Waals surface area contributed by atoms with E-state index in [-0.39, 0.29) is 25.2 Å². The summed E-state index contributed by atoms with van der Waals surface area (Å²) in [5.41, 5.74) is 1.37. The Morgan fingerprint density at radius 2 is 1.96 bits per heavy atom. The zero-order valence-electron chi connectivity index (χ0n) is 16.0. The molecule has 0 bridgehead atoms. The van der Waals surface area contributed by atoms with E-state index in [1.165, 1.54) is 16.3 Å². The molecule has 2 heterocycles. The van der Waals surface area contributed by atoms with Gasteiger partial charge in [0.1, 0.15) is 12.3 Å². The number of aliphatic hydroxyl groups excluding tert-OH is 2. The maximum atomic E-state index is 12.1. The summed E-state index contributed by atoms with van der Waals surface area (Å²) < 4.78 is 12.5. The summed E-state index contributed by atoms with van der Waals surface area (Å²) in [4.78, 5) is 26.5. The first-order valence-electron chi connectivity index (χ1n) is 9.35. The fourth-order valence-corrected chi connectivity index (χ4v) is 3.39. The van der Waals surface area contributed by atoms with Crippen LogP contribution in [0.2, 0.25) is 0 Å². The van der Waals surface area contributed by atoms with Crippen LogP contribution in [0.25, 0.3) is 0 Å². The average molecular weight is 390 g/mol. The van der Waals surface area contributed by atoms with Crippen molar-refractivity contribution in [1.29, 1.82) is 0 Å². The average Bonchev–Trinajstić information content (AvgIpc) is 3.04. The summed E-state index contributed by atoms with van der Waals surface area (Å²) >= 11 is 0. The second-order valence-electron chi connectivity index (χ2n) is 7.28. The van der Waals surface area contributed by atoms with Crippen molar-refractivity contribution in [2.24, 2.45) is 0 Å². The van der Waals surface area contributed by atoms with E-state index in [0.29, 0.717) is 12.5 Å². The van der Waals surface area contributed by atoms with Crippen LogP contribution in [0.1, 0.15) is 49.1 Å². The number of aliphatic hydroxyl groups is 2. The second-order valence-corrected chi connectivity index (χ2v) is 7.28. The molecule has 0 saturated carbocycles. The molecule has 1 aromatic carbocycles. The Balaban J connectivity index is 1.73. The third-order valence-corrected chi connectivity index (χ3v) is 4.93. The Kier molecular flexibility index (Phi) is 6.46. The molecule has 0 unspecified atom stereocenters. The fraction of sp³-hybridized carbons (Fsp3) is 0.500. The Hall–Kier alpha value is -2.26. The Labute approximate surface area is 162 Å². The molecular weight excluding hydrogens is 364 g/mol. The van der Waals surface area contributed by atoms with E-state index in [9.17, 15) is 19.8 Å². The lowest BCUT2D eigenvalue weighted by Gasteiger charge is -2.16. The molecule has 3 N–H and O–H groups in total. The lowest BCUT2D eigenvalue weighted by atomic mass is 9.98. The van der Waals surface area contributed by atoms with E-state index in [1.54, 1.807) is 0 Å². The van der Waals surface area contributed by atoms with Crippen LogP contribution in [0.4, 0.5) is 0 Å². The molecule has 8 nitrogen and oxygen atoms in total. The maximum absolute atomic E-state index is 12.1. The normalized spacial score (nSPS) is 22.1. The second kappa shape index (κ2) is 8.83. The predicted molar refractivity (Wildman–Crippen MR) is 102 cm³/mol. The number of H-pyrrole nitrogens is 1. The highest BCUT2D eigenvalue weighted by atomic mass is 16.5. The van der Waals surface area contributed by atoms with Gasteiger partial charge in [-0.25, -0.2) is 4.79 Å². The highest BCUT2D eigenvalue weighted by molar-refractivity contribution is 5.29. The molecule has 8 heteroatoms. The quantitative estimate of drug-likeness (QED) is 0.650. The molecule has 3 atom stereocenters. The molecule has 0 spiro atoms. The minimum Gasteiger partial charge on any atom is -0.394 e. The van der Waals surface area contributed by atoms with Crippen LogP contribution in [0, 0.1) is 0 Å². The number of rotatable bonds is 7. The molecule has 1 aromatic heterocycles. The van der Waals surface area contributed by atoms with Gasteiger partial charge in [-0.1, -0.05) is 38.1 Å². The van der Waals surface area contributed by atoms with Crippen molar-refractivity contribution < 1.29 is 19.7 Å². The largest absolute Gasteiger partial charge is 0.394 e. The molecule has 152 valence electrons. The molecule has 1 aliphatic heterocycles. The van der Waals surface area contributed by atoms with E-state index in [2.05, 4.69) is 24.9 Å². The van der Waals surface area contributed by atoms with Gasteiger partial charge in [-0.15, -0.1) is 0 Å². The van der Waals surface area contributed by atoms with Crippen LogP contribution in [0.5, 0.6) is 0 Å². The highest BCUT2D eigenvalue weighted by Crippen LogP contribution is 2.27. The van der Waals surface area contributed by atoms with Crippen LogP contribution >= 0.6 is 0 Å². The number of aromatic amines is 1. The summed E-state index contributed by atoms with van der Waals surface area (Å²) in [6.07, 6.45) is -0.833. The van der Waals surface area contributed by atoms with Crippen molar-refractivity contribution in [3.05, 3.63) is 68.0 Å². The van der Waals surface area contributed by atoms with Gasteiger partial charge in [-0.3, -0.25) is 14.3 Å². The summed E-state index contributed by atoms with van der Waals surface area (Å²) in [7, 11) is 0. The third-order valence-electron chi connectivity index (χ3n) is 4.93. The van der Waals surface area contributed by atoms with Crippen molar-refractivity contribution in [1.82, 2.24) is 9.55 Å². The lowest BCUT2D eigenvalue weighted by molar-refractivity contribution is -0.0461. The predicted octanol–water partition coefficient (Wildman–Crippen LogP) is 1.02. The third kappa shape index (κ3) is 4.41. The number of hydrogen-bond donors (Lipinski definition) is 3. The summed E-state index contributed by atoms with van der Waals surface area (Å²) in [6.45, 7) is 4.24. The van der Waals surface area contributed by atoms with Crippen molar-refractivity contribution in [2.75, 3.05) is 6.61 Å². The molecule has 0 radical (unpaired) electrons. The first-order valence-corrected chi connectivity index (χ1v) is 9.35. The SMILES string of the molecule is CC(C)c1ccccc1COCc1cn([C@H]2C[C@@H](O)[C@@H](CO)O2)c(=O)[nH]c1=O. The monoisotopic (exact) mass is 390 g/mol. The number of ether oxygens (including phenoxy) is 2. The van der Waals surface area contributed by atoms with Gasteiger partial charge in [-0.2, -0.15) is 0 Å². The number of nitrogens with one attached hydrogen (secondary N) is 1. The van der Waals surface area contributed by atoms with E-state index in [0.717, 1.165) is 5.56 Å². The summed E-state index contributed by atoms with van der Waals surface area (Å²) in [5, 5.41) is 19.1. The summed E-state index contributed by atoms with van der Waals surface area (Å²) in [5.74, 6) is 0.357. The lowest BCUT2D eigenvalue weighted by Crippen LogP contribution is -2.34. The molecule has 3 rings (SSSR count). The van der Waals surface area contributed by atoms with E-state index < -0.39 is 29.7 Å². The van der Waals surface area contributed by atoms with Gasteiger partial charge in [-0.05, 0) is 17.0 Å². The smallest absolute Gasteiger partial charge is 0.330 e. The molecule has 1 saturated heterocycles. The summed E-state index contributed by atoms with van der Waals surface area (Å²) in [6, 6.07) is 7.97. The Morgan fingerprint density at radius 3 is 2.64 bits per heavy atom. The van der Waals surface area contributed by atoms with Gasteiger partial charge in [0.25, 0.3) is 5.56 Å². The van der Waals surface area contributed by atoms with Gasteiger partial charge in [0, 0.05) is 12.6 Å². The van der Waals surface area contributed by atoms with Gasteiger partial charge < -0.3 is 19.7 Å². The molecule has 1 fully saturated rings. The van der Waals surface area contributed by atoms with Gasteiger partial charge in [0.15, 0.2) is 0 Å². The van der Waals surface area contributed by atoms with Gasteiger partial charge in [0.05, 0.1) is 31.5 Å². The zero-order valence-corrected chi connectivity index (χ0v) is 16.0. The van der Waals surface area contributed by atoms with E-state index in [1.807, 2.05) is 18.2 Å². The number of hydrogen-bond acceptors (Lipinski definition) is 6. The maximum Gasteiger partial charge on any atom is 0.330 e. The highest BCUT2D eigenvalue weighted by Gasteiger charge is 2.35. The topological polar surface area (TPSA) is 114 Å². The van der Waals surface area contributed by atoms with E-state index in [4.69, 9.17) is 9.47 Å². The zero-order chi connectivity index (χ0) is 20.3. The molecule has 0 aliphatic carbocycles. The van der Waals surface area contributed by atoms with Crippen LogP contribution < -0.4 is 11.2 Å². The van der Waals surface area contributed by atoms with Crippen molar-refractivity contribution >= 4 is 0 Å². The standard InChI is InChI=1S/C20H26N2O6/c1-12(2)15-6-4-3-5-13(15)10-27-11-14-8-22(20(26)21-19(14)25)18-7-16(24)17(9-23)28-18/h3-6,8,12,16-18,23-24H,7,9-11H2,1-2H3,(H,21,25,26)/t16-,17-,18-/m1/s1. The van der Waals surface area contributed by atoms with Gasteiger partial charge >= 0.3 is 5.69 Å². The first kappa shape index (κ1) is 20.5. The minimum atomic E-state index is -0.874. The fourth-order valence-electron chi connectivity index (χ4n) is 3.39. The van der Waals surface area contributed by atoms with Crippen LogP contribution in [0.15, 0.2) is 40.1 Å². The molecule has 0 amide bonds. The van der Waals surface area contributed by atoms with Crippen LogP contribution in [-0.2, 0) is 22.7 Å². The number of nitrogens with zero attached hydrogens (tertiary/aromatic N) is 1. The number of benzene rings is 1. The number of aromatic nitrogens is 2. The van der Waals surface area contributed by atoms with Gasteiger partial charge in [0.2, 0.25) is 0 Å². The Morgan fingerprint density at radius 1 is 1.25 bits per heavy atom. The van der Waals surface area contributed by atoms with E-state index >= 15 is 0 Å². The molecular formula is C20H26N2O6. The van der Waals surface area contributed by atoms with Crippen molar-refractivity contribution in [3.8, 4) is 0 Å². The van der Waals surface area contributed by atoms with Crippen molar-refractivity contribution in [2.45, 2.75) is 57.8 Å². The van der Waals surface area contributed by atoms with Crippen LogP contribution in [0.3, 0.4) is 0 Å². The first-order chi connectivity index (χ1) is 13.4. The molecule has 1 aliphatic rings.